The van der Waals surface area contributed by atoms with E-state index >= 15 is 0 Å². The van der Waals surface area contributed by atoms with E-state index in [0.29, 0.717) is 15.6 Å². The van der Waals surface area contributed by atoms with Crippen LogP contribution in [0.3, 0.4) is 0 Å². The van der Waals surface area contributed by atoms with Gasteiger partial charge in [-0.05, 0) is 26.0 Å². The zero-order valence-electron chi connectivity index (χ0n) is 11.6. The zero-order chi connectivity index (χ0) is 15.8. The van der Waals surface area contributed by atoms with Gasteiger partial charge in [-0.2, -0.15) is 13.1 Å². The fraction of sp³-hybridized carbons (Fsp3) is 0.500. The molecule has 2 rings (SSSR count). The van der Waals surface area contributed by atoms with Crippen molar-refractivity contribution in [3.63, 3.8) is 0 Å². The molecule has 1 aliphatic heterocycles. The van der Waals surface area contributed by atoms with Crippen LogP contribution in [0, 0.1) is 0 Å². The van der Waals surface area contributed by atoms with Crippen LogP contribution in [-0.4, -0.2) is 27.5 Å². The Morgan fingerprint density at radius 1 is 1.24 bits per heavy atom. The summed E-state index contributed by atoms with van der Waals surface area (Å²) >= 11 is 12.3. The van der Waals surface area contributed by atoms with Gasteiger partial charge in [-0.25, -0.2) is 0 Å². The highest BCUT2D eigenvalue weighted by Crippen LogP contribution is 2.42. The molecular formula is C12H15Cl2NO5S. The molecule has 1 heterocycles. The van der Waals surface area contributed by atoms with Crippen molar-refractivity contribution in [3.05, 3.63) is 33.8 Å². The van der Waals surface area contributed by atoms with E-state index in [4.69, 9.17) is 32.7 Å². The Bertz CT molecular complexity index is 614. The lowest BCUT2D eigenvalue weighted by Crippen LogP contribution is -2.39. The lowest BCUT2D eigenvalue weighted by Gasteiger charge is -2.19. The van der Waals surface area contributed by atoms with Crippen LogP contribution in [0.25, 0.3) is 0 Å². The van der Waals surface area contributed by atoms with Gasteiger partial charge in [0.05, 0.1) is 7.11 Å². The molecule has 6 nitrogen and oxygen atoms in total. The van der Waals surface area contributed by atoms with E-state index in [1.54, 1.807) is 32.0 Å². The monoisotopic (exact) mass is 355 g/mol. The summed E-state index contributed by atoms with van der Waals surface area (Å²) in [4.78, 5) is 0. The number of halogens is 2. The van der Waals surface area contributed by atoms with Crippen molar-refractivity contribution in [2.45, 2.75) is 32.0 Å². The Balaban J connectivity index is 2.40. The largest absolute Gasteiger partial charge is 0.338 e. The van der Waals surface area contributed by atoms with Crippen LogP contribution in [0.5, 0.6) is 0 Å². The van der Waals surface area contributed by atoms with Crippen molar-refractivity contribution in [3.8, 4) is 0 Å². The van der Waals surface area contributed by atoms with Crippen LogP contribution in [0.2, 0.25) is 10.0 Å². The molecule has 0 bridgehead atoms. The summed E-state index contributed by atoms with van der Waals surface area (Å²) in [5.41, 5.74) is 0.454. The molecule has 1 aromatic carbocycles. The average Bonchev–Trinajstić information content (AvgIpc) is 2.63. The molecule has 2 atom stereocenters. The minimum absolute atomic E-state index is 0.357. The first-order valence-corrected chi connectivity index (χ1v) is 8.19. The van der Waals surface area contributed by atoms with Gasteiger partial charge in [-0.3, -0.25) is 4.18 Å². The van der Waals surface area contributed by atoms with Gasteiger partial charge >= 0.3 is 10.3 Å². The Kier molecular flexibility index (Phi) is 4.84. The molecule has 0 spiro atoms. The molecule has 0 radical (unpaired) electrons. The van der Waals surface area contributed by atoms with Crippen molar-refractivity contribution in [1.29, 1.82) is 0 Å². The highest BCUT2D eigenvalue weighted by Gasteiger charge is 2.45. The van der Waals surface area contributed by atoms with Gasteiger partial charge < -0.3 is 9.47 Å². The molecule has 9 heteroatoms. The molecule has 0 aliphatic carbocycles. The van der Waals surface area contributed by atoms with Crippen molar-refractivity contribution in [2.75, 3.05) is 7.11 Å². The van der Waals surface area contributed by atoms with Gasteiger partial charge in [0.1, 0.15) is 6.10 Å². The van der Waals surface area contributed by atoms with Crippen molar-refractivity contribution < 1.29 is 22.1 Å². The summed E-state index contributed by atoms with van der Waals surface area (Å²) < 4.78 is 41.1. The Morgan fingerprint density at radius 3 is 2.33 bits per heavy atom. The fourth-order valence-electron chi connectivity index (χ4n) is 2.03. The third-order valence-corrected chi connectivity index (χ3v) is 4.48. The van der Waals surface area contributed by atoms with E-state index < -0.39 is 28.4 Å². The van der Waals surface area contributed by atoms with Crippen LogP contribution in [-0.2, 0) is 24.0 Å². The number of hydrogen-bond acceptors (Lipinski definition) is 5. The number of rotatable bonds is 4. The maximum Gasteiger partial charge on any atom is 0.337 e. The van der Waals surface area contributed by atoms with Gasteiger partial charge in [-0.1, -0.05) is 29.3 Å². The quantitative estimate of drug-likeness (QED) is 0.898. The molecule has 0 amide bonds. The molecule has 1 aromatic rings. The molecule has 0 aromatic heterocycles. The second kappa shape index (κ2) is 6.00. The number of hydrogen-bond donors (Lipinski definition) is 1. The predicted octanol–water partition coefficient (Wildman–Crippen LogP) is 2.62. The van der Waals surface area contributed by atoms with Crippen LogP contribution >= 0.6 is 23.2 Å². The lowest BCUT2D eigenvalue weighted by molar-refractivity contribution is -0.147. The van der Waals surface area contributed by atoms with E-state index in [1.165, 1.54) is 0 Å². The van der Waals surface area contributed by atoms with Crippen LogP contribution in [0.1, 0.15) is 25.5 Å². The topological polar surface area (TPSA) is 73.9 Å². The average molecular weight is 356 g/mol. The molecule has 2 unspecified atom stereocenters. The van der Waals surface area contributed by atoms with Gasteiger partial charge in [-0.15, -0.1) is 0 Å². The normalized spacial score (nSPS) is 25.2. The van der Waals surface area contributed by atoms with E-state index in [1.807, 2.05) is 0 Å². The summed E-state index contributed by atoms with van der Waals surface area (Å²) in [5, 5.41) is 0.714. The molecule has 1 fully saturated rings. The second-order valence-corrected chi connectivity index (χ2v) is 7.14. The number of nitrogens with one attached hydrogen (secondary N) is 1. The van der Waals surface area contributed by atoms with E-state index in [9.17, 15) is 8.42 Å². The number of ether oxygens (including phenoxy) is 2. The first-order chi connectivity index (χ1) is 9.65. The fourth-order valence-corrected chi connectivity index (χ4v) is 3.20. The summed E-state index contributed by atoms with van der Waals surface area (Å²) in [6.07, 6.45) is -1.81. The van der Waals surface area contributed by atoms with Crippen molar-refractivity contribution in [1.82, 2.24) is 4.72 Å². The molecular weight excluding hydrogens is 341 g/mol. The third kappa shape index (κ3) is 3.87. The van der Waals surface area contributed by atoms with E-state index in [0.717, 1.165) is 7.11 Å². The second-order valence-electron chi connectivity index (χ2n) is 4.85. The van der Waals surface area contributed by atoms with Crippen LogP contribution in [0.4, 0.5) is 0 Å². The van der Waals surface area contributed by atoms with Gasteiger partial charge in [0.2, 0.25) is 0 Å². The highest BCUT2D eigenvalue weighted by molar-refractivity contribution is 7.84. The Hall–Kier alpha value is -0.410. The maximum absolute atomic E-state index is 11.6. The maximum atomic E-state index is 11.6. The SMILES string of the molecule is COS(=O)(=O)NC1OC(C)(C)OC1c1c(Cl)cccc1Cl. The summed E-state index contributed by atoms with van der Waals surface area (Å²) in [6, 6.07) is 4.96. The minimum Gasteiger partial charge on any atom is -0.338 e. The molecule has 118 valence electrons. The molecule has 1 aliphatic rings. The zero-order valence-corrected chi connectivity index (χ0v) is 13.9. The Labute approximate surface area is 133 Å². The summed E-state index contributed by atoms with van der Waals surface area (Å²) in [7, 11) is -2.92. The molecule has 21 heavy (non-hydrogen) atoms. The van der Waals surface area contributed by atoms with Crippen LogP contribution in [0.15, 0.2) is 18.2 Å². The third-order valence-electron chi connectivity index (χ3n) is 2.86. The van der Waals surface area contributed by atoms with Crippen molar-refractivity contribution in [2.24, 2.45) is 0 Å². The van der Waals surface area contributed by atoms with E-state index in [-0.39, 0.29) is 0 Å². The molecule has 1 N–H and O–H groups in total. The first-order valence-electron chi connectivity index (χ1n) is 6.02. The highest BCUT2D eigenvalue weighted by atomic mass is 35.5. The molecule has 0 saturated carbocycles. The first kappa shape index (κ1) is 17.0. The van der Waals surface area contributed by atoms with Crippen molar-refractivity contribution >= 4 is 33.5 Å². The smallest absolute Gasteiger partial charge is 0.337 e. The number of benzene rings is 1. The molecule has 1 saturated heterocycles. The predicted molar refractivity (Wildman–Crippen MR) is 78.3 cm³/mol. The Morgan fingerprint density at radius 2 is 1.81 bits per heavy atom. The van der Waals surface area contributed by atoms with Gasteiger partial charge in [0, 0.05) is 15.6 Å². The summed E-state index contributed by atoms with van der Waals surface area (Å²) in [5.74, 6) is -1.01. The standard InChI is InChI=1S/C12H15Cl2NO5S/c1-12(2)19-10(9-7(13)5-4-6-8(9)14)11(20-12)15-21(16,17)18-3/h4-6,10-11,15H,1-3H3. The van der Waals surface area contributed by atoms with Crippen LogP contribution < -0.4 is 4.72 Å². The van der Waals surface area contributed by atoms with Gasteiger partial charge in [0.25, 0.3) is 0 Å². The summed E-state index contributed by atoms with van der Waals surface area (Å²) in [6.45, 7) is 3.32. The lowest BCUT2D eigenvalue weighted by atomic mass is 10.1. The van der Waals surface area contributed by atoms with Gasteiger partial charge in [0.15, 0.2) is 12.0 Å². The minimum atomic E-state index is -3.96. The van der Waals surface area contributed by atoms with E-state index in [2.05, 4.69) is 8.91 Å².